The highest BCUT2D eigenvalue weighted by molar-refractivity contribution is 4.95. The molecule has 76 valence electrons. The van der Waals surface area contributed by atoms with Gasteiger partial charge in [0.25, 0.3) is 0 Å². The van der Waals surface area contributed by atoms with Gasteiger partial charge in [0.1, 0.15) is 0 Å². The van der Waals surface area contributed by atoms with Crippen LogP contribution in [-0.4, -0.2) is 50.3 Å². The maximum Gasteiger partial charge on any atom is 0.0633 e. The standard InChI is InChI=1S/C10H20N2O/c1-12-6-8-4-3-5-9(11-8)10(12)7-13-2/h8-11H,3-7H2,1-2H3. The van der Waals surface area contributed by atoms with Crippen LogP contribution in [0.15, 0.2) is 0 Å². The second-order valence-corrected chi connectivity index (χ2v) is 4.36. The number of methoxy groups -OCH3 is 1. The zero-order valence-electron chi connectivity index (χ0n) is 8.62. The molecule has 2 saturated heterocycles. The molecule has 2 heterocycles. The monoisotopic (exact) mass is 184 g/mol. The first-order chi connectivity index (χ1) is 6.31. The number of ether oxygens (including phenoxy) is 1. The molecular weight excluding hydrogens is 164 g/mol. The van der Waals surface area contributed by atoms with Crippen LogP contribution in [0.25, 0.3) is 0 Å². The molecule has 0 aromatic heterocycles. The summed E-state index contributed by atoms with van der Waals surface area (Å²) >= 11 is 0. The average molecular weight is 184 g/mol. The van der Waals surface area contributed by atoms with Crippen LogP contribution in [0.4, 0.5) is 0 Å². The van der Waals surface area contributed by atoms with Gasteiger partial charge in [0.15, 0.2) is 0 Å². The predicted octanol–water partition coefficient (Wildman–Crippen LogP) is 0.457. The Hall–Kier alpha value is -0.120. The van der Waals surface area contributed by atoms with E-state index >= 15 is 0 Å². The zero-order valence-corrected chi connectivity index (χ0v) is 8.62. The van der Waals surface area contributed by atoms with E-state index in [1.54, 1.807) is 7.11 Å². The van der Waals surface area contributed by atoms with E-state index in [-0.39, 0.29) is 0 Å². The van der Waals surface area contributed by atoms with Crippen molar-refractivity contribution in [3.8, 4) is 0 Å². The van der Waals surface area contributed by atoms with Crippen molar-refractivity contribution in [2.45, 2.75) is 37.4 Å². The highest BCUT2D eigenvalue weighted by Gasteiger charge is 2.35. The van der Waals surface area contributed by atoms with Gasteiger partial charge in [-0.3, -0.25) is 4.90 Å². The Morgan fingerprint density at radius 2 is 2.31 bits per heavy atom. The van der Waals surface area contributed by atoms with E-state index in [0.717, 1.165) is 12.6 Å². The van der Waals surface area contributed by atoms with Crippen LogP contribution in [0, 0.1) is 0 Å². The molecule has 1 N–H and O–H groups in total. The molecule has 0 saturated carbocycles. The van der Waals surface area contributed by atoms with Crippen molar-refractivity contribution in [1.29, 1.82) is 0 Å². The van der Waals surface area contributed by atoms with Crippen molar-refractivity contribution in [2.75, 3.05) is 27.3 Å². The van der Waals surface area contributed by atoms with Crippen molar-refractivity contribution in [3.63, 3.8) is 0 Å². The molecule has 0 radical (unpaired) electrons. The maximum atomic E-state index is 5.26. The summed E-state index contributed by atoms with van der Waals surface area (Å²) in [5, 5.41) is 3.70. The SMILES string of the molecule is COCC1C2CCCC(CN1C)N2. The molecule has 0 aromatic rings. The van der Waals surface area contributed by atoms with Gasteiger partial charge >= 0.3 is 0 Å². The van der Waals surface area contributed by atoms with Gasteiger partial charge in [-0.1, -0.05) is 6.42 Å². The molecule has 2 fully saturated rings. The molecule has 0 aliphatic carbocycles. The lowest BCUT2D eigenvalue weighted by Crippen LogP contribution is -2.64. The summed E-state index contributed by atoms with van der Waals surface area (Å²) in [6, 6.07) is 1.98. The first-order valence-electron chi connectivity index (χ1n) is 5.26. The quantitative estimate of drug-likeness (QED) is 0.674. The smallest absolute Gasteiger partial charge is 0.0633 e. The largest absolute Gasteiger partial charge is 0.383 e. The number of piperazine rings is 1. The summed E-state index contributed by atoms with van der Waals surface area (Å²) in [7, 11) is 4.01. The van der Waals surface area contributed by atoms with Crippen LogP contribution >= 0.6 is 0 Å². The van der Waals surface area contributed by atoms with Gasteiger partial charge < -0.3 is 10.1 Å². The van der Waals surface area contributed by atoms with Gasteiger partial charge in [0, 0.05) is 31.8 Å². The van der Waals surface area contributed by atoms with Crippen LogP contribution in [0.2, 0.25) is 0 Å². The fraction of sp³-hybridized carbons (Fsp3) is 1.00. The number of nitrogens with zero attached hydrogens (tertiary/aromatic N) is 1. The Morgan fingerprint density at radius 3 is 3.08 bits per heavy atom. The van der Waals surface area contributed by atoms with Gasteiger partial charge in [0.05, 0.1) is 6.61 Å². The van der Waals surface area contributed by atoms with Gasteiger partial charge in [-0.2, -0.15) is 0 Å². The highest BCUT2D eigenvalue weighted by atomic mass is 16.5. The van der Waals surface area contributed by atoms with Crippen molar-refractivity contribution in [2.24, 2.45) is 0 Å². The van der Waals surface area contributed by atoms with Crippen LogP contribution < -0.4 is 5.32 Å². The predicted molar refractivity (Wildman–Crippen MR) is 52.9 cm³/mol. The summed E-state index contributed by atoms with van der Waals surface area (Å²) in [4.78, 5) is 2.45. The molecule has 0 aromatic carbocycles. The normalized spacial score (nSPS) is 40.6. The summed E-state index contributed by atoms with van der Waals surface area (Å²) < 4.78 is 5.26. The minimum Gasteiger partial charge on any atom is -0.383 e. The minimum atomic E-state index is 0.585. The van der Waals surface area contributed by atoms with E-state index in [1.807, 2.05) is 0 Å². The van der Waals surface area contributed by atoms with Crippen molar-refractivity contribution in [3.05, 3.63) is 0 Å². The van der Waals surface area contributed by atoms with E-state index in [1.165, 1.54) is 25.8 Å². The molecular formula is C10H20N2O. The highest BCUT2D eigenvalue weighted by Crippen LogP contribution is 2.23. The third-order valence-corrected chi connectivity index (χ3v) is 3.39. The van der Waals surface area contributed by atoms with Crippen molar-refractivity contribution < 1.29 is 4.74 Å². The molecule has 2 aliphatic rings. The third-order valence-electron chi connectivity index (χ3n) is 3.39. The Bertz CT molecular complexity index is 172. The number of nitrogens with one attached hydrogen (secondary N) is 1. The average Bonchev–Trinajstić information content (AvgIpc) is 2.12. The Balaban J connectivity index is 1.99. The van der Waals surface area contributed by atoms with Crippen LogP contribution in [-0.2, 0) is 4.74 Å². The summed E-state index contributed by atoms with van der Waals surface area (Å²) in [5.41, 5.74) is 0. The fourth-order valence-corrected chi connectivity index (χ4v) is 2.71. The lowest BCUT2D eigenvalue weighted by Gasteiger charge is -2.46. The van der Waals surface area contributed by atoms with Gasteiger partial charge in [-0.25, -0.2) is 0 Å². The number of hydrogen-bond donors (Lipinski definition) is 1. The van der Waals surface area contributed by atoms with E-state index in [4.69, 9.17) is 4.74 Å². The fourth-order valence-electron chi connectivity index (χ4n) is 2.71. The molecule has 2 aliphatic heterocycles. The minimum absolute atomic E-state index is 0.585. The first kappa shape index (κ1) is 9.44. The van der Waals surface area contributed by atoms with Gasteiger partial charge in [-0.05, 0) is 19.9 Å². The van der Waals surface area contributed by atoms with E-state index < -0.39 is 0 Å². The van der Waals surface area contributed by atoms with Crippen molar-refractivity contribution in [1.82, 2.24) is 10.2 Å². The molecule has 3 unspecified atom stereocenters. The molecule has 3 atom stereocenters. The Kier molecular flexibility index (Phi) is 2.86. The Morgan fingerprint density at radius 1 is 1.46 bits per heavy atom. The van der Waals surface area contributed by atoms with Gasteiger partial charge in [0.2, 0.25) is 0 Å². The van der Waals surface area contributed by atoms with Crippen LogP contribution in [0.1, 0.15) is 19.3 Å². The summed E-state index contributed by atoms with van der Waals surface area (Å²) in [6.07, 6.45) is 4.05. The second kappa shape index (κ2) is 3.95. The second-order valence-electron chi connectivity index (χ2n) is 4.36. The first-order valence-corrected chi connectivity index (χ1v) is 5.26. The molecule has 0 spiro atoms. The summed E-state index contributed by atoms with van der Waals surface area (Å²) in [5.74, 6) is 0. The number of rotatable bonds is 2. The molecule has 3 heteroatoms. The number of likely N-dealkylation sites (N-methyl/N-ethyl adjacent to an activating group) is 1. The van der Waals surface area contributed by atoms with Gasteiger partial charge in [-0.15, -0.1) is 0 Å². The van der Waals surface area contributed by atoms with E-state index in [9.17, 15) is 0 Å². The topological polar surface area (TPSA) is 24.5 Å². The van der Waals surface area contributed by atoms with Crippen LogP contribution in [0.3, 0.4) is 0 Å². The maximum absolute atomic E-state index is 5.26. The molecule has 2 rings (SSSR count). The lowest BCUT2D eigenvalue weighted by atomic mass is 9.89. The lowest BCUT2D eigenvalue weighted by molar-refractivity contribution is 0.0286. The van der Waals surface area contributed by atoms with E-state index in [2.05, 4.69) is 17.3 Å². The number of fused-ring (bicyclic) bond motifs is 2. The summed E-state index contributed by atoms with van der Waals surface area (Å²) in [6.45, 7) is 2.05. The van der Waals surface area contributed by atoms with E-state index in [0.29, 0.717) is 12.1 Å². The third kappa shape index (κ3) is 1.87. The molecule has 13 heavy (non-hydrogen) atoms. The molecule has 3 nitrogen and oxygen atoms in total. The number of hydrogen-bond acceptors (Lipinski definition) is 3. The zero-order chi connectivity index (χ0) is 9.26. The molecule has 0 amide bonds. The molecule has 2 bridgehead atoms. The number of piperidine rings is 1. The van der Waals surface area contributed by atoms with Crippen LogP contribution in [0.5, 0.6) is 0 Å². The Labute approximate surface area is 80.4 Å². The number of likely N-dealkylation sites (tertiary alicyclic amines) is 1. The van der Waals surface area contributed by atoms with Crippen molar-refractivity contribution >= 4 is 0 Å².